The molecule has 0 spiro atoms. The van der Waals surface area contributed by atoms with Crippen LogP contribution in [-0.2, 0) is 4.74 Å². The van der Waals surface area contributed by atoms with Crippen LogP contribution < -0.4 is 0 Å². The van der Waals surface area contributed by atoms with E-state index in [9.17, 15) is 0 Å². The molecule has 1 heterocycles. The minimum atomic E-state index is 0. The molecule has 3 heteroatoms. The first-order chi connectivity index (χ1) is 2.50. The van der Waals surface area contributed by atoms with Crippen LogP contribution in [0.25, 0.3) is 0 Å². The van der Waals surface area contributed by atoms with Gasteiger partial charge in [0.25, 0.3) is 0 Å². The van der Waals surface area contributed by atoms with E-state index in [-0.39, 0.29) is 11.0 Å². The van der Waals surface area contributed by atoms with Gasteiger partial charge in [-0.3, -0.25) is 4.99 Å². The highest BCUT2D eigenvalue weighted by atomic mass is 28.1. The summed E-state index contributed by atoms with van der Waals surface area (Å²) in [7, 11) is 0. The van der Waals surface area contributed by atoms with E-state index >= 15 is 0 Å². The van der Waals surface area contributed by atoms with E-state index in [0.29, 0.717) is 0 Å². The van der Waals surface area contributed by atoms with Gasteiger partial charge in [-0.15, -0.1) is 0 Å². The van der Waals surface area contributed by atoms with E-state index in [0.717, 1.165) is 13.2 Å². The van der Waals surface area contributed by atoms with Gasteiger partial charge in [-0.2, -0.15) is 0 Å². The number of hydrogen-bond acceptors (Lipinski definition) is 2. The molecule has 0 unspecified atom stereocenters. The van der Waals surface area contributed by atoms with Crippen molar-refractivity contribution in [2.24, 2.45) is 4.99 Å². The van der Waals surface area contributed by atoms with Crippen LogP contribution in [0.1, 0.15) is 0 Å². The van der Waals surface area contributed by atoms with Gasteiger partial charge in [-0.1, -0.05) is 0 Å². The lowest BCUT2D eigenvalue weighted by atomic mass is 10.8. The number of nitrogens with zero attached hydrogens (tertiary/aromatic N) is 1. The van der Waals surface area contributed by atoms with Gasteiger partial charge in [0.15, 0.2) is 6.40 Å². The molecule has 0 N–H and O–H groups in total. The van der Waals surface area contributed by atoms with Crippen LogP contribution in [0.3, 0.4) is 0 Å². The molecule has 0 aliphatic carbocycles. The Kier molecular flexibility index (Phi) is 2.75. The average molecular weight is 103 g/mol. The number of ether oxygens (including phenoxy) is 1. The lowest BCUT2D eigenvalue weighted by Gasteiger charge is -1.76. The zero-order valence-corrected chi connectivity index (χ0v) is 2.85. The van der Waals surface area contributed by atoms with Crippen molar-refractivity contribution >= 4 is 17.4 Å². The Balaban J connectivity index is 0.000000250. The SMILES string of the molecule is C1=NCCO1.[SiH4]. The van der Waals surface area contributed by atoms with Crippen molar-refractivity contribution in [3.63, 3.8) is 0 Å². The summed E-state index contributed by atoms with van der Waals surface area (Å²) in [5, 5.41) is 0. The second-order valence-electron chi connectivity index (χ2n) is 0.882. The summed E-state index contributed by atoms with van der Waals surface area (Å²) in [5.74, 6) is 0. The van der Waals surface area contributed by atoms with Crippen LogP contribution in [0.15, 0.2) is 4.99 Å². The molecule has 6 heavy (non-hydrogen) atoms. The third-order valence-electron chi connectivity index (χ3n) is 0.487. The molecule has 0 bridgehead atoms. The van der Waals surface area contributed by atoms with Crippen molar-refractivity contribution < 1.29 is 4.74 Å². The van der Waals surface area contributed by atoms with Crippen LogP contribution in [0, 0.1) is 0 Å². The molecule has 0 saturated heterocycles. The standard InChI is InChI=1S/C3H5NO.H4Si/c1-2-5-3-4-1;/h3H,1-2H2;1H4. The fraction of sp³-hybridized carbons (Fsp3) is 0.667. The fourth-order valence-electron chi connectivity index (χ4n) is 0.264. The van der Waals surface area contributed by atoms with Gasteiger partial charge in [0.1, 0.15) is 6.61 Å². The van der Waals surface area contributed by atoms with Gasteiger partial charge < -0.3 is 4.74 Å². The molecule has 36 valence electrons. The zero-order valence-electron chi connectivity index (χ0n) is 2.85. The maximum Gasteiger partial charge on any atom is 0.169 e. The molecule has 1 rings (SSSR count). The summed E-state index contributed by atoms with van der Waals surface area (Å²) in [5.41, 5.74) is 0. The van der Waals surface area contributed by atoms with Crippen molar-refractivity contribution in [1.82, 2.24) is 0 Å². The fourth-order valence-corrected chi connectivity index (χ4v) is 0.264. The Hall–Kier alpha value is -0.313. The first-order valence-electron chi connectivity index (χ1n) is 1.60. The summed E-state index contributed by atoms with van der Waals surface area (Å²) in [6.07, 6.45) is 1.49. The van der Waals surface area contributed by atoms with Crippen LogP contribution in [-0.4, -0.2) is 30.5 Å². The smallest absolute Gasteiger partial charge is 0.169 e. The van der Waals surface area contributed by atoms with E-state index in [2.05, 4.69) is 9.73 Å². The topological polar surface area (TPSA) is 21.6 Å². The van der Waals surface area contributed by atoms with E-state index < -0.39 is 0 Å². The molecule has 0 aromatic heterocycles. The largest absolute Gasteiger partial charge is 0.482 e. The predicted octanol–water partition coefficient (Wildman–Crippen LogP) is -1.41. The van der Waals surface area contributed by atoms with Crippen molar-refractivity contribution in [3.05, 3.63) is 0 Å². The summed E-state index contributed by atoms with van der Waals surface area (Å²) < 4.78 is 4.65. The minimum Gasteiger partial charge on any atom is -0.482 e. The molecule has 0 saturated carbocycles. The third-order valence-corrected chi connectivity index (χ3v) is 0.487. The molecule has 0 amide bonds. The number of rotatable bonds is 0. The highest BCUT2D eigenvalue weighted by molar-refractivity contribution is 5.75. The average Bonchev–Trinajstić information content (AvgIpc) is 1.76. The second-order valence-corrected chi connectivity index (χ2v) is 0.882. The maximum atomic E-state index is 4.65. The second kappa shape index (κ2) is 2.90. The quantitative estimate of drug-likeness (QED) is 0.345. The van der Waals surface area contributed by atoms with Gasteiger partial charge in [-0.25, -0.2) is 0 Å². The zero-order chi connectivity index (χ0) is 3.54. The summed E-state index contributed by atoms with van der Waals surface area (Å²) in [4.78, 5) is 3.74. The van der Waals surface area contributed by atoms with Gasteiger partial charge in [-0.05, 0) is 11.0 Å². The van der Waals surface area contributed by atoms with Crippen molar-refractivity contribution in [2.45, 2.75) is 0 Å². The van der Waals surface area contributed by atoms with Crippen molar-refractivity contribution in [1.29, 1.82) is 0 Å². The molecule has 1 aliphatic rings. The van der Waals surface area contributed by atoms with Crippen molar-refractivity contribution in [3.8, 4) is 0 Å². The molecule has 2 nitrogen and oxygen atoms in total. The van der Waals surface area contributed by atoms with Crippen molar-refractivity contribution in [2.75, 3.05) is 13.2 Å². The van der Waals surface area contributed by atoms with Gasteiger partial charge >= 0.3 is 0 Å². The number of hydrogen-bond donors (Lipinski definition) is 0. The maximum absolute atomic E-state index is 4.65. The summed E-state index contributed by atoms with van der Waals surface area (Å²) in [6, 6.07) is 0. The Morgan fingerprint density at radius 3 is 2.67 bits per heavy atom. The Morgan fingerprint density at radius 2 is 2.50 bits per heavy atom. The minimum absolute atomic E-state index is 0. The van der Waals surface area contributed by atoms with Crippen LogP contribution >= 0.6 is 0 Å². The summed E-state index contributed by atoms with van der Waals surface area (Å²) >= 11 is 0. The lowest BCUT2D eigenvalue weighted by molar-refractivity contribution is 0.361. The Labute approximate surface area is 41.2 Å². The first-order valence-corrected chi connectivity index (χ1v) is 1.60. The molecule has 0 fully saturated rings. The van der Waals surface area contributed by atoms with E-state index in [1.165, 1.54) is 6.40 Å². The first kappa shape index (κ1) is 5.69. The third kappa shape index (κ3) is 1.21. The summed E-state index contributed by atoms with van der Waals surface area (Å²) in [6.45, 7) is 1.62. The highest BCUT2D eigenvalue weighted by Gasteiger charge is 1.84. The molecule has 1 aliphatic heterocycles. The van der Waals surface area contributed by atoms with E-state index in [1.54, 1.807) is 0 Å². The van der Waals surface area contributed by atoms with E-state index in [1.807, 2.05) is 0 Å². The molecular formula is C3H9NOSi. The predicted molar refractivity (Wildman–Crippen MR) is 30.6 cm³/mol. The van der Waals surface area contributed by atoms with Crippen LogP contribution in [0.4, 0.5) is 0 Å². The molecule has 0 radical (unpaired) electrons. The highest BCUT2D eigenvalue weighted by Crippen LogP contribution is 1.78. The monoisotopic (exact) mass is 103 g/mol. The van der Waals surface area contributed by atoms with E-state index in [4.69, 9.17) is 0 Å². The molecular weight excluding hydrogens is 94.1 g/mol. The molecule has 0 aromatic carbocycles. The van der Waals surface area contributed by atoms with Gasteiger partial charge in [0.05, 0.1) is 6.54 Å². The van der Waals surface area contributed by atoms with Gasteiger partial charge in [0, 0.05) is 0 Å². The van der Waals surface area contributed by atoms with Crippen LogP contribution in [0.5, 0.6) is 0 Å². The normalized spacial score (nSPS) is 16.0. The van der Waals surface area contributed by atoms with Crippen LogP contribution in [0.2, 0.25) is 0 Å². The Bertz CT molecular complexity index is 48.8. The van der Waals surface area contributed by atoms with Gasteiger partial charge in [0.2, 0.25) is 0 Å². The Morgan fingerprint density at radius 1 is 1.67 bits per heavy atom. The lowest BCUT2D eigenvalue weighted by Crippen LogP contribution is -1.80. The molecule has 0 aromatic rings. The molecule has 0 atom stereocenters. The number of aliphatic imine (C=N–C) groups is 1.